The first-order valence-corrected chi connectivity index (χ1v) is 21.1. The third kappa shape index (κ3) is 7.34. The van der Waals surface area contributed by atoms with E-state index in [4.69, 9.17) is 0 Å². The van der Waals surface area contributed by atoms with Crippen LogP contribution in [0.3, 0.4) is 0 Å². The Kier molecular flexibility index (Phi) is 9.96. The number of hydrogen-bond donors (Lipinski definition) is 1. The Morgan fingerprint density at radius 1 is 0.344 bits per heavy atom. The molecule has 0 fully saturated rings. The van der Waals surface area contributed by atoms with Crippen LogP contribution in [0.4, 0.5) is 17.1 Å². The molecule has 0 aromatic heterocycles. The Morgan fingerprint density at radius 2 is 0.836 bits per heavy atom. The monoisotopic (exact) mass is 783 g/mol. The van der Waals surface area contributed by atoms with Crippen molar-refractivity contribution < 1.29 is 5.11 Å². The summed E-state index contributed by atoms with van der Waals surface area (Å²) in [6.45, 7) is 4.39. The molecule has 0 aliphatic heterocycles. The van der Waals surface area contributed by atoms with Crippen LogP contribution in [-0.2, 0) is 0 Å². The van der Waals surface area contributed by atoms with E-state index in [1.54, 1.807) is 0 Å². The molecule has 1 N–H and O–H groups in total. The molecule has 0 unspecified atom stereocenters. The molecule has 0 amide bonds. The molecule has 0 saturated carbocycles. The van der Waals surface area contributed by atoms with Gasteiger partial charge in [-0.05, 0) is 132 Å². The highest BCUT2D eigenvalue weighted by molar-refractivity contribution is 6.05. The molecule has 0 saturated heterocycles. The second-order valence-electron chi connectivity index (χ2n) is 16.1. The van der Waals surface area contributed by atoms with E-state index in [9.17, 15) is 5.11 Å². The maximum atomic E-state index is 11.7. The van der Waals surface area contributed by atoms with Crippen LogP contribution in [0.25, 0.3) is 77.2 Å². The second-order valence-corrected chi connectivity index (χ2v) is 16.1. The standard InChI is InChI=1S/C59H45NO/c1-40(2)53-17-10-11-19-56(53)57-37-29-49(39-58(57)61)59-54-18-9-8-15-45(54)28-36-55(59)46-26-34-52(35-27-46)60(50-30-22-43(23-31-50)41-12-4-3-5-13-41)51-32-24-44(25-33-51)48-21-20-42-14-6-7-16-47(42)38-48/h3-40,61H,1-2H3. The molecule has 2 heteroatoms. The van der Waals surface area contributed by atoms with Gasteiger partial charge in [0.25, 0.3) is 0 Å². The van der Waals surface area contributed by atoms with Crippen LogP contribution in [-0.4, -0.2) is 5.11 Å². The third-order valence-electron chi connectivity index (χ3n) is 12.0. The van der Waals surface area contributed by atoms with Crippen LogP contribution < -0.4 is 4.90 Å². The van der Waals surface area contributed by atoms with Gasteiger partial charge in [-0.3, -0.25) is 0 Å². The molecule has 292 valence electrons. The van der Waals surface area contributed by atoms with Crippen LogP contribution >= 0.6 is 0 Å². The number of benzene rings is 10. The molecule has 10 aromatic rings. The van der Waals surface area contributed by atoms with Gasteiger partial charge >= 0.3 is 0 Å². The predicted octanol–water partition coefficient (Wildman–Crippen LogP) is 16.6. The average molecular weight is 784 g/mol. The predicted molar refractivity (Wildman–Crippen MR) is 259 cm³/mol. The van der Waals surface area contributed by atoms with Gasteiger partial charge in [0.15, 0.2) is 0 Å². The van der Waals surface area contributed by atoms with Crippen LogP contribution in [0.2, 0.25) is 0 Å². The van der Waals surface area contributed by atoms with E-state index >= 15 is 0 Å². The average Bonchev–Trinajstić information content (AvgIpc) is 3.32. The van der Waals surface area contributed by atoms with Crippen molar-refractivity contribution in [3.8, 4) is 61.4 Å². The normalized spacial score (nSPS) is 11.3. The van der Waals surface area contributed by atoms with Crippen molar-refractivity contribution in [1.29, 1.82) is 0 Å². The summed E-state index contributed by atoms with van der Waals surface area (Å²) in [6, 6.07) is 79.8. The molecule has 10 aromatic carbocycles. The lowest BCUT2D eigenvalue weighted by molar-refractivity contribution is 0.477. The third-order valence-corrected chi connectivity index (χ3v) is 12.0. The summed E-state index contributed by atoms with van der Waals surface area (Å²) in [5, 5.41) is 16.4. The van der Waals surface area contributed by atoms with E-state index in [1.807, 2.05) is 12.1 Å². The number of anilines is 3. The molecule has 0 aliphatic carbocycles. The second kappa shape index (κ2) is 16.2. The van der Waals surface area contributed by atoms with Crippen molar-refractivity contribution in [3.63, 3.8) is 0 Å². The fraction of sp³-hybridized carbons (Fsp3) is 0.0508. The molecular formula is C59H45NO. The lowest BCUT2D eigenvalue weighted by atomic mass is 9.87. The minimum absolute atomic E-state index is 0.278. The molecule has 0 bridgehead atoms. The minimum Gasteiger partial charge on any atom is -0.507 e. The van der Waals surface area contributed by atoms with E-state index in [-0.39, 0.29) is 5.75 Å². The zero-order valence-electron chi connectivity index (χ0n) is 34.3. The van der Waals surface area contributed by atoms with Crippen LogP contribution in [0.15, 0.2) is 224 Å². The van der Waals surface area contributed by atoms with Crippen molar-refractivity contribution >= 4 is 38.6 Å². The number of nitrogens with zero attached hydrogens (tertiary/aromatic N) is 1. The van der Waals surface area contributed by atoms with E-state index < -0.39 is 0 Å². The molecule has 0 spiro atoms. The summed E-state index contributed by atoms with van der Waals surface area (Å²) in [7, 11) is 0. The van der Waals surface area contributed by atoms with Crippen molar-refractivity contribution in [2.24, 2.45) is 0 Å². The highest BCUT2D eigenvalue weighted by Gasteiger charge is 2.18. The summed E-state index contributed by atoms with van der Waals surface area (Å²) < 4.78 is 0. The number of phenols is 1. The Labute approximate surface area is 358 Å². The van der Waals surface area contributed by atoms with Gasteiger partial charge < -0.3 is 10.0 Å². The fourth-order valence-electron chi connectivity index (χ4n) is 8.83. The van der Waals surface area contributed by atoms with Gasteiger partial charge in [-0.1, -0.05) is 190 Å². The van der Waals surface area contributed by atoms with Gasteiger partial charge in [-0.25, -0.2) is 0 Å². The maximum Gasteiger partial charge on any atom is 0.124 e. The van der Waals surface area contributed by atoms with Crippen molar-refractivity contribution in [1.82, 2.24) is 0 Å². The van der Waals surface area contributed by atoms with Crippen molar-refractivity contribution in [2.75, 3.05) is 4.90 Å². The lowest BCUT2D eigenvalue weighted by Crippen LogP contribution is -2.09. The zero-order chi connectivity index (χ0) is 41.3. The first-order chi connectivity index (χ1) is 30.0. The fourth-order valence-corrected chi connectivity index (χ4v) is 8.83. The highest BCUT2D eigenvalue weighted by atomic mass is 16.3. The minimum atomic E-state index is 0.278. The quantitative estimate of drug-likeness (QED) is 0.158. The SMILES string of the molecule is CC(C)c1ccccc1-c1ccc(-c2c(-c3ccc(N(c4ccc(-c5ccccc5)cc4)c4ccc(-c5ccc6ccccc6c5)cc4)cc3)ccc3ccccc23)cc1O. The summed E-state index contributed by atoms with van der Waals surface area (Å²) in [5.74, 6) is 0.614. The van der Waals surface area contributed by atoms with E-state index in [0.29, 0.717) is 5.92 Å². The Hall–Kier alpha value is -7.68. The van der Waals surface area contributed by atoms with Gasteiger partial charge in [0, 0.05) is 22.6 Å². The molecule has 0 aliphatic rings. The van der Waals surface area contributed by atoms with Crippen molar-refractivity contribution in [3.05, 3.63) is 230 Å². The lowest BCUT2D eigenvalue weighted by Gasteiger charge is -2.26. The van der Waals surface area contributed by atoms with Crippen molar-refractivity contribution in [2.45, 2.75) is 19.8 Å². The topological polar surface area (TPSA) is 23.5 Å². The first kappa shape index (κ1) is 37.6. The van der Waals surface area contributed by atoms with Gasteiger partial charge in [0.1, 0.15) is 5.75 Å². The number of hydrogen-bond acceptors (Lipinski definition) is 2. The number of fused-ring (bicyclic) bond motifs is 2. The molecule has 2 nitrogen and oxygen atoms in total. The molecule has 10 rings (SSSR count). The van der Waals surface area contributed by atoms with Gasteiger partial charge in [-0.15, -0.1) is 0 Å². The number of rotatable bonds is 9. The Morgan fingerprint density at radius 3 is 1.51 bits per heavy atom. The van der Waals surface area contributed by atoms with Gasteiger partial charge in [0.2, 0.25) is 0 Å². The molecule has 61 heavy (non-hydrogen) atoms. The molecule has 0 heterocycles. The van der Waals surface area contributed by atoms with Gasteiger partial charge in [0.05, 0.1) is 0 Å². The summed E-state index contributed by atoms with van der Waals surface area (Å²) >= 11 is 0. The smallest absolute Gasteiger partial charge is 0.124 e. The summed E-state index contributed by atoms with van der Waals surface area (Å²) in [6.07, 6.45) is 0. The molecule has 0 radical (unpaired) electrons. The molecule has 0 atom stereocenters. The van der Waals surface area contributed by atoms with Crippen LogP contribution in [0.5, 0.6) is 5.75 Å². The Bertz CT molecular complexity index is 3150. The largest absolute Gasteiger partial charge is 0.507 e. The summed E-state index contributed by atoms with van der Waals surface area (Å²) in [5.41, 5.74) is 15.4. The Balaban J connectivity index is 1.05. The van der Waals surface area contributed by atoms with E-state index in [0.717, 1.165) is 61.2 Å². The highest BCUT2D eigenvalue weighted by Crippen LogP contribution is 2.44. The first-order valence-electron chi connectivity index (χ1n) is 21.1. The van der Waals surface area contributed by atoms with E-state index in [2.05, 4.69) is 231 Å². The maximum absolute atomic E-state index is 11.7. The number of phenolic OH excluding ortho intramolecular Hbond substituents is 1. The van der Waals surface area contributed by atoms with Gasteiger partial charge in [-0.2, -0.15) is 0 Å². The van der Waals surface area contributed by atoms with Crippen LogP contribution in [0.1, 0.15) is 25.3 Å². The number of aromatic hydroxyl groups is 1. The zero-order valence-corrected chi connectivity index (χ0v) is 34.3. The van der Waals surface area contributed by atoms with Crippen LogP contribution in [0, 0.1) is 0 Å². The summed E-state index contributed by atoms with van der Waals surface area (Å²) in [4.78, 5) is 2.33. The molecular weight excluding hydrogens is 739 g/mol. The van der Waals surface area contributed by atoms with E-state index in [1.165, 1.54) is 38.6 Å².